The Balaban J connectivity index is 1.51. The summed E-state index contributed by atoms with van der Waals surface area (Å²) in [5.41, 5.74) is 1.61. The fourth-order valence-electron chi connectivity index (χ4n) is 4.23. The SMILES string of the molecule is Brc1ccc(CN2CC3(CCCC3)NCC2C2CC2)nc1. The molecule has 2 saturated carbocycles. The van der Waals surface area contributed by atoms with Crippen LogP contribution in [0.3, 0.4) is 0 Å². The van der Waals surface area contributed by atoms with Crippen molar-refractivity contribution in [2.45, 2.75) is 56.7 Å². The van der Waals surface area contributed by atoms with Gasteiger partial charge in [-0.2, -0.15) is 0 Å². The van der Waals surface area contributed by atoms with E-state index < -0.39 is 0 Å². The molecular formula is C17H24BrN3. The van der Waals surface area contributed by atoms with Crippen molar-refractivity contribution in [3.05, 3.63) is 28.5 Å². The van der Waals surface area contributed by atoms with Crippen molar-refractivity contribution >= 4 is 15.9 Å². The molecule has 4 heteroatoms. The minimum absolute atomic E-state index is 0.404. The Labute approximate surface area is 135 Å². The van der Waals surface area contributed by atoms with Crippen LogP contribution in [0.1, 0.15) is 44.2 Å². The molecule has 2 aliphatic carbocycles. The second kappa shape index (κ2) is 5.64. The van der Waals surface area contributed by atoms with Gasteiger partial charge in [0, 0.05) is 41.9 Å². The van der Waals surface area contributed by atoms with E-state index in [2.05, 4.69) is 43.3 Å². The molecule has 1 unspecified atom stereocenters. The quantitative estimate of drug-likeness (QED) is 0.906. The smallest absolute Gasteiger partial charge is 0.0544 e. The molecule has 3 nitrogen and oxygen atoms in total. The zero-order chi connectivity index (χ0) is 14.3. The molecule has 1 aromatic heterocycles. The predicted molar refractivity (Wildman–Crippen MR) is 88.1 cm³/mol. The van der Waals surface area contributed by atoms with Crippen LogP contribution in [0.4, 0.5) is 0 Å². The Hall–Kier alpha value is -0.450. The van der Waals surface area contributed by atoms with Gasteiger partial charge in [0.1, 0.15) is 0 Å². The third-order valence-corrected chi connectivity index (χ3v) is 6.01. The summed E-state index contributed by atoms with van der Waals surface area (Å²) in [5.74, 6) is 0.923. The Morgan fingerprint density at radius 2 is 2.10 bits per heavy atom. The topological polar surface area (TPSA) is 28.2 Å². The van der Waals surface area contributed by atoms with Gasteiger partial charge in [0.25, 0.3) is 0 Å². The van der Waals surface area contributed by atoms with Crippen LogP contribution in [0, 0.1) is 5.92 Å². The van der Waals surface area contributed by atoms with Crippen molar-refractivity contribution in [1.82, 2.24) is 15.2 Å². The van der Waals surface area contributed by atoms with E-state index in [4.69, 9.17) is 0 Å². The summed E-state index contributed by atoms with van der Waals surface area (Å²) < 4.78 is 1.07. The molecule has 1 aliphatic heterocycles. The van der Waals surface area contributed by atoms with Gasteiger partial charge in [-0.25, -0.2) is 0 Å². The first-order chi connectivity index (χ1) is 10.2. The van der Waals surface area contributed by atoms with Crippen LogP contribution in [0.25, 0.3) is 0 Å². The number of hydrogen-bond donors (Lipinski definition) is 1. The number of rotatable bonds is 3. The molecule has 1 atom stereocenters. The molecule has 114 valence electrons. The first-order valence-electron chi connectivity index (χ1n) is 8.34. The third kappa shape index (κ3) is 3.03. The number of nitrogens with zero attached hydrogens (tertiary/aromatic N) is 2. The molecule has 1 spiro atoms. The lowest BCUT2D eigenvalue weighted by atomic mass is 9.91. The maximum Gasteiger partial charge on any atom is 0.0544 e. The lowest BCUT2D eigenvalue weighted by molar-refractivity contribution is 0.0617. The fraction of sp³-hybridized carbons (Fsp3) is 0.706. The lowest BCUT2D eigenvalue weighted by Crippen LogP contribution is -2.63. The highest BCUT2D eigenvalue weighted by Gasteiger charge is 2.45. The zero-order valence-electron chi connectivity index (χ0n) is 12.5. The normalized spacial score (nSPS) is 29.1. The number of hydrogen-bond acceptors (Lipinski definition) is 3. The predicted octanol–water partition coefficient (Wildman–Crippen LogP) is 3.34. The Morgan fingerprint density at radius 1 is 1.29 bits per heavy atom. The molecule has 1 N–H and O–H groups in total. The summed E-state index contributed by atoms with van der Waals surface area (Å²) in [4.78, 5) is 7.32. The van der Waals surface area contributed by atoms with Gasteiger partial charge in [-0.15, -0.1) is 0 Å². The van der Waals surface area contributed by atoms with E-state index in [1.807, 2.05) is 6.20 Å². The van der Waals surface area contributed by atoms with Crippen molar-refractivity contribution in [2.24, 2.45) is 5.92 Å². The van der Waals surface area contributed by atoms with Gasteiger partial charge in [-0.1, -0.05) is 12.8 Å². The van der Waals surface area contributed by atoms with Crippen LogP contribution in [-0.4, -0.2) is 34.6 Å². The van der Waals surface area contributed by atoms with E-state index in [9.17, 15) is 0 Å². The van der Waals surface area contributed by atoms with Crippen LogP contribution in [0.5, 0.6) is 0 Å². The van der Waals surface area contributed by atoms with E-state index in [0.717, 1.165) is 23.0 Å². The van der Waals surface area contributed by atoms with Crippen LogP contribution >= 0.6 is 15.9 Å². The van der Waals surface area contributed by atoms with E-state index in [1.54, 1.807) is 0 Å². The molecule has 3 aliphatic rings. The standard InChI is InChI=1S/C17H24BrN3/c18-14-5-6-15(19-9-14)11-21-12-17(7-1-2-8-17)20-10-16(21)13-3-4-13/h5-6,9,13,16,20H,1-4,7-8,10-12H2. The highest BCUT2D eigenvalue weighted by Crippen LogP contribution is 2.40. The summed E-state index contributed by atoms with van der Waals surface area (Å²) in [6.45, 7) is 3.41. The molecule has 1 saturated heterocycles. The summed E-state index contributed by atoms with van der Waals surface area (Å²) in [6, 6.07) is 5.00. The van der Waals surface area contributed by atoms with E-state index >= 15 is 0 Å². The van der Waals surface area contributed by atoms with Crippen molar-refractivity contribution in [1.29, 1.82) is 0 Å². The molecule has 0 amide bonds. The zero-order valence-corrected chi connectivity index (χ0v) is 14.1. The average molecular weight is 350 g/mol. The lowest BCUT2D eigenvalue weighted by Gasteiger charge is -2.46. The van der Waals surface area contributed by atoms with Gasteiger partial charge in [0.05, 0.1) is 5.69 Å². The van der Waals surface area contributed by atoms with Gasteiger partial charge in [0.15, 0.2) is 0 Å². The van der Waals surface area contributed by atoms with Crippen LogP contribution in [-0.2, 0) is 6.54 Å². The summed E-state index contributed by atoms with van der Waals surface area (Å²) in [5, 5.41) is 3.92. The van der Waals surface area contributed by atoms with Gasteiger partial charge < -0.3 is 5.32 Å². The minimum Gasteiger partial charge on any atom is -0.308 e. The first-order valence-corrected chi connectivity index (χ1v) is 9.13. The van der Waals surface area contributed by atoms with E-state index in [0.29, 0.717) is 5.54 Å². The summed E-state index contributed by atoms with van der Waals surface area (Å²) >= 11 is 3.48. The molecule has 0 aromatic carbocycles. The molecule has 4 rings (SSSR count). The van der Waals surface area contributed by atoms with Crippen molar-refractivity contribution in [3.8, 4) is 0 Å². The van der Waals surface area contributed by atoms with Crippen LogP contribution < -0.4 is 5.32 Å². The monoisotopic (exact) mass is 349 g/mol. The van der Waals surface area contributed by atoms with Crippen molar-refractivity contribution in [2.75, 3.05) is 13.1 Å². The Bertz CT molecular complexity index is 491. The Kier molecular flexibility index (Phi) is 3.80. The largest absolute Gasteiger partial charge is 0.308 e. The van der Waals surface area contributed by atoms with Crippen molar-refractivity contribution in [3.63, 3.8) is 0 Å². The van der Waals surface area contributed by atoms with E-state index in [1.165, 1.54) is 57.3 Å². The average Bonchev–Trinajstić information content (AvgIpc) is 3.23. The number of nitrogens with one attached hydrogen (secondary N) is 1. The molecule has 2 heterocycles. The minimum atomic E-state index is 0.404. The number of pyridine rings is 1. The van der Waals surface area contributed by atoms with Gasteiger partial charge >= 0.3 is 0 Å². The molecule has 1 aromatic rings. The fourth-order valence-corrected chi connectivity index (χ4v) is 4.46. The molecule has 0 radical (unpaired) electrons. The summed E-state index contributed by atoms with van der Waals surface area (Å²) in [6.07, 6.45) is 10.3. The maximum atomic E-state index is 4.59. The van der Waals surface area contributed by atoms with Gasteiger partial charge in [-0.3, -0.25) is 9.88 Å². The highest BCUT2D eigenvalue weighted by atomic mass is 79.9. The molecule has 3 fully saturated rings. The second-order valence-electron chi connectivity index (χ2n) is 7.15. The maximum absolute atomic E-state index is 4.59. The van der Waals surface area contributed by atoms with Crippen molar-refractivity contribution < 1.29 is 0 Å². The first kappa shape index (κ1) is 14.2. The van der Waals surface area contributed by atoms with E-state index in [-0.39, 0.29) is 0 Å². The number of aromatic nitrogens is 1. The molecule has 0 bridgehead atoms. The highest BCUT2D eigenvalue weighted by molar-refractivity contribution is 9.10. The van der Waals surface area contributed by atoms with Crippen LogP contribution in [0.2, 0.25) is 0 Å². The Morgan fingerprint density at radius 3 is 2.76 bits per heavy atom. The number of halogens is 1. The van der Waals surface area contributed by atoms with Gasteiger partial charge in [-0.05, 0) is 59.7 Å². The third-order valence-electron chi connectivity index (χ3n) is 5.54. The summed E-state index contributed by atoms with van der Waals surface area (Å²) in [7, 11) is 0. The molecule has 21 heavy (non-hydrogen) atoms. The van der Waals surface area contributed by atoms with Crippen LogP contribution in [0.15, 0.2) is 22.8 Å². The second-order valence-corrected chi connectivity index (χ2v) is 8.06. The van der Waals surface area contributed by atoms with Gasteiger partial charge in [0.2, 0.25) is 0 Å². The number of piperazine rings is 1. The molecular weight excluding hydrogens is 326 g/mol.